The van der Waals surface area contributed by atoms with Crippen molar-refractivity contribution >= 4 is 17.5 Å². The topological polar surface area (TPSA) is 58.6 Å². The number of ether oxygens (including phenoxy) is 1. The molecule has 5 heteroatoms. The second kappa shape index (κ2) is 8.12. The van der Waals surface area contributed by atoms with Gasteiger partial charge in [0.2, 0.25) is 0 Å². The molecule has 2 N–H and O–H groups in total. The summed E-state index contributed by atoms with van der Waals surface area (Å²) in [5.41, 5.74) is 0.705. The minimum Gasteiger partial charge on any atom is -0.479 e. The van der Waals surface area contributed by atoms with E-state index in [1.807, 2.05) is 6.92 Å². The van der Waals surface area contributed by atoms with E-state index in [1.165, 1.54) is 0 Å². The SMILES string of the molecule is CCCC(C)NC(=O)C(C)Oc1ccc(CO)cc1Cl. The second-order valence-corrected chi connectivity index (χ2v) is 5.29. The number of hydrogen-bond acceptors (Lipinski definition) is 3. The number of hydrogen-bond donors (Lipinski definition) is 2. The van der Waals surface area contributed by atoms with Gasteiger partial charge >= 0.3 is 0 Å². The molecule has 112 valence electrons. The van der Waals surface area contributed by atoms with E-state index < -0.39 is 6.10 Å². The summed E-state index contributed by atoms with van der Waals surface area (Å²) in [6, 6.07) is 5.13. The molecule has 20 heavy (non-hydrogen) atoms. The van der Waals surface area contributed by atoms with Gasteiger partial charge in [0.05, 0.1) is 11.6 Å². The molecule has 2 unspecified atom stereocenters. The van der Waals surface area contributed by atoms with Crippen LogP contribution in [0.4, 0.5) is 0 Å². The number of halogens is 1. The lowest BCUT2D eigenvalue weighted by Crippen LogP contribution is -2.41. The molecule has 0 saturated carbocycles. The highest BCUT2D eigenvalue weighted by Crippen LogP contribution is 2.26. The Kier molecular flexibility index (Phi) is 6.82. The first-order valence-electron chi connectivity index (χ1n) is 6.84. The lowest BCUT2D eigenvalue weighted by atomic mass is 10.2. The van der Waals surface area contributed by atoms with Crippen molar-refractivity contribution in [1.29, 1.82) is 0 Å². The van der Waals surface area contributed by atoms with Crippen molar-refractivity contribution in [2.24, 2.45) is 0 Å². The number of rotatable bonds is 7. The lowest BCUT2D eigenvalue weighted by Gasteiger charge is -2.19. The van der Waals surface area contributed by atoms with Gasteiger partial charge in [0.15, 0.2) is 6.10 Å². The Balaban J connectivity index is 2.61. The smallest absolute Gasteiger partial charge is 0.260 e. The van der Waals surface area contributed by atoms with Gasteiger partial charge in [-0.25, -0.2) is 0 Å². The Bertz CT molecular complexity index is 451. The van der Waals surface area contributed by atoms with E-state index in [4.69, 9.17) is 21.4 Å². The van der Waals surface area contributed by atoms with Gasteiger partial charge in [-0.1, -0.05) is 31.0 Å². The molecule has 0 fully saturated rings. The van der Waals surface area contributed by atoms with E-state index in [1.54, 1.807) is 25.1 Å². The standard InChI is InChI=1S/C15H22ClNO3/c1-4-5-10(2)17-15(19)11(3)20-14-7-6-12(9-18)8-13(14)16/h6-8,10-11,18H,4-5,9H2,1-3H3,(H,17,19). The molecular formula is C15H22ClNO3. The van der Waals surface area contributed by atoms with Crippen LogP contribution >= 0.6 is 11.6 Å². The molecule has 2 atom stereocenters. The maximum Gasteiger partial charge on any atom is 0.260 e. The van der Waals surface area contributed by atoms with Gasteiger partial charge in [-0.3, -0.25) is 4.79 Å². The third-order valence-corrected chi connectivity index (χ3v) is 3.26. The van der Waals surface area contributed by atoms with Gasteiger partial charge < -0.3 is 15.2 Å². The summed E-state index contributed by atoms with van der Waals surface area (Å²) in [5, 5.41) is 12.3. The van der Waals surface area contributed by atoms with Crippen molar-refractivity contribution in [2.75, 3.05) is 0 Å². The number of amides is 1. The average Bonchev–Trinajstić information content (AvgIpc) is 2.41. The Labute approximate surface area is 125 Å². The number of benzene rings is 1. The fourth-order valence-electron chi connectivity index (χ4n) is 1.85. The van der Waals surface area contributed by atoms with E-state index in [0.717, 1.165) is 12.8 Å². The van der Waals surface area contributed by atoms with Crippen molar-refractivity contribution in [3.05, 3.63) is 28.8 Å². The molecule has 0 saturated heterocycles. The number of carbonyl (C=O) groups excluding carboxylic acids is 1. The minimum atomic E-state index is -0.619. The highest BCUT2D eigenvalue weighted by atomic mass is 35.5. The van der Waals surface area contributed by atoms with E-state index in [9.17, 15) is 4.79 Å². The first kappa shape index (κ1) is 16.8. The molecule has 0 aliphatic carbocycles. The summed E-state index contributed by atoms with van der Waals surface area (Å²) in [6.45, 7) is 5.65. The fraction of sp³-hybridized carbons (Fsp3) is 0.533. The zero-order chi connectivity index (χ0) is 15.1. The summed E-state index contributed by atoms with van der Waals surface area (Å²) in [5.74, 6) is 0.280. The zero-order valence-corrected chi connectivity index (χ0v) is 12.9. The van der Waals surface area contributed by atoms with Crippen molar-refractivity contribution in [3.8, 4) is 5.75 Å². The molecular weight excluding hydrogens is 278 g/mol. The first-order chi connectivity index (χ1) is 9.47. The normalized spacial score (nSPS) is 13.7. The van der Waals surface area contributed by atoms with Gasteiger partial charge in [-0.15, -0.1) is 0 Å². The highest BCUT2D eigenvalue weighted by molar-refractivity contribution is 6.32. The van der Waals surface area contributed by atoms with Gasteiger partial charge in [-0.05, 0) is 38.0 Å². The summed E-state index contributed by atoms with van der Waals surface area (Å²) in [6.07, 6.45) is 1.34. The van der Waals surface area contributed by atoms with Crippen LogP contribution in [0.15, 0.2) is 18.2 Å². The maximum absolute atomic E-state index is 11.9. The zero-order valence-electron chi connectivity index (χ0n) is 12.1. The molecule has 1 aromatic rings. The van der Waals surface area contributed by atoms with Gasteiger partial charge in [-0.2, -0.15) is 0 Å². The van der Waals surface area contributed by atoms with Crippen molar-refractivity contribution < 1.29 is 14.6 Å². The molecule has 1 rings (SSSR count). The molecule has 0 aliphatic rings. The van der Waals surface area contributed by atoms with Crippen LogP contribution in [0.5, 0.6) is 5.75 Å². The maximum atomic E-state index is 11.9. The summed E-state index contributed by atoms with van der Waals surface area (Å²) in [7, 11) is 0. The third kappa shape index (κ3) is 5.02. The second-order valence-electron chi connectivity index (χ2n) is 4.88. The van der Waals surface area contributed by atoms with E-state index in [-0.39, 0.29) is 18.6 Å². The first-order valence-corrected chi connectivity index (χ1v) is 7.22. The highest BCUT2D eigenvalue weighted by Gasteiger charge is 2.17. The molecule has 0 bridgehead atoms. The Morgan fingerprint density at radius 1 is 1.45 bits per heavy atom. The van der Waals surface area contributed by atoms with Crippen molar-refractivity contribution in [1.82, 2.24) is 5.32 Å². The molecule has 0 aromatic heterocycles. The largest absolute Gasteiger partial charge is 0.479 e. The van der Waals surface area contributed by atoms with Crippen molar-refractivity contribution in [2.45, 2.75) is 52.4 Å². The summed E-state index contributed by atoms with van der Waals surface area (Å²) in [4.78, 5) is 11.9. The van der Waals surface area contributed by atoms with Gasteiger partial charge in [0, 0.05) is 6.04 Å². The Hall–Kier alpha value is -1.26. The molecule has 0 radical (unpaired) electrons. The van der Waals surface area contributed by atoms with Gasteiger partial charge in [0.25, 0.3) is 5.91 Å². The monoisotopic (exact) mass is 299 g/mol. The van der Waals surface area contributed by atoms with Crippen LogP contribution in [0.25, 0.3) is 0 Å². The molecule has 0 heterocycles. The predicted octanol–water partition coefficient (Wildman–Crippen LogP) is 2.90. The molecule has 1 aromatic carbocycles. The van der Waals surface area contributed by atoms with Gasteiger partial charge in [0.1, 0.15) is 5.75 Å². The number of carbonyl (C=O) groups is 1. The minimum absolute atomic E-state index is 0.0788. The van der Waals surface area contributed by atoms with Crippen LogP contribution in [-0.4, -0.2) is 23.2 Å². The van der Waals surface area contributed by atoms with Crippen LogP contribution in [0.3, 0.4) is 0 Å². The quantitative estimate of drug-likeness (QED) is 0.814. The van der Waals surface area contributed by atoms with Crippen LogP contribution in [0.2, 0.25) is 5.02 Å². The number of nitrogens with one attached hydrogen (secondary N) is 1. The van der Waals surface area contributed by atoms with E-state index in [0.29, 0.717) is 16.3 Å². The van der Waals surface area contributed by atoms with Crippen LogP contribution < -0.4 is 10.1 Å². The molecule has 4 nitrogen and oxygen atoms in total. The molecule has 0 aliphatic heterocycles. The Morgan fingerprint density at radius 2 is 2.15 bits per heavy atom. The van der Waals surface area contributed by atoms with E-state index in [2.05, 4.69) is 12.2 Å². The van der Waals surface area contributed by atoms with Crippen molar-refractivity contribution in [3.63, 3.8) is 0 Å². The summed E-state index contributed by atoms with van der Waals surface area (Å²) < 4.78 is 5.56. The average molecular weight is 300 g/mol. The predicted molar refractivity (Wildman–Crippen MR) is 80.0 cm³/mol. The third-order valence-electron chi connectivity index (χ3n) is 2.96. The Morgan fingerprint density at radius 3 is 2.70 bits per heavy atom. The summed E-state index contributed by atoms with van der Waals surface area (Å²) >= 11 is 6.04. The van der Waals surface area contributed by atoms with E-state index >= 15 is 0 Å². The van der Waals surface area contributed by atoms with Crippen LogP contribution in [0, 0.1) is 0 Å². The van der Waals surface area contributed by atoms with Crippen LogP contribution in [-0.2, 0) is 11.4 Å². The lowest BCUT2D eigenvalue weighted by molar-refractivity contribution is -0.127. The fourth-order valence-corrected chi connectivity index (χ4v) is 2.10. The molecule has 0 spiro atoms. The van der Waals surface area contributed by atoms with Crippen LogP contribution in [0.1, 0.15) is 39.2 Å². The number of aliphatic hydroxyl groups is 1. The molecule has 1 amide bonds. The number of aliphatic hydroxyl groups excluding tert-OH is 1.